The standard InChI is InChI=1S/C12H23N3O3/c1-9(14(3)4)7-13-11(18)15-6-5-12(2,8-15)10(16)17/h9H,5-8H2,1-4H3,(H,13,18)(H,16,17). The zero-order chi connectivity index (χ0) is 13.9. The van der Waals surface area contributed by atoms with Crippen molar-refractivity contribution in [1.29, 1.82) is 0 Å². The molecule has 0 aromatic heterocycles. The van der Waals surface area contributed by atoms with Gasteiger partial charge in [0.15, 0.2) is 0 Å². The summed E-state index contributed by atoms with van der Waals surface area (Å²) in [5, 5.41) is 11.9. The fourth-order valence-corrected chi connectivity index (χ4v) is 1.84. The lowest BCUT2D eigenvalue weighted by atomic mass is 9.90. The quantitative estimate of drug-likeness (QED) is 0.766. The van der Waals surface area contributed by atoms with Crippen LogP contribution < -0.4 is 5.32 Å². The van der Waals surface area contributed by atoms with E-state index in [0.717, 1.165) is 0 Å². The fraction of sp³-hybridized carbons (Fsp3) is 0.833. The first-order chi connectivity index (χ1) is 8.26. The molecule has 2 atom stereocenters. The van der Waals surface area contributed by atoms with Crippen LogP contribution in [0.5, 0.6) is 0 Å². The summed E-state index contributed by atoms with van der Waals surface area (Å²) in [6.45, 7) is 5.05. The Morgan fingerprint density at radius 3 is 2.56 bits per heavy atom. The Labute approximate surface area is 108 Å². The Hall–Kier alpha value is -1.30. The van der Waals surface area contributed by atoms with Crippen molar-refractivity contribution in [3.63, 3.8) is 0 Å². The summed E-state index contributed by atoms with van der Waals surface area (Å²) in [5.74, 6) is -0.834. The first kappa shape index (κ1) is 14.8. The minimum atomic E-state index is -0.834. The molecule has 0 aromatic rings. The molecule has 1 aliphatic heterocycles. The molecular weight excluding hydrogens is 234 g/mol. The van der Waals surface area contributed by atoms with Crippen molar-refractivity contribution in [2.24, 2.45) is 5.41 Å². The van der Waals surface area contributed by atoms with E-state index >= 15 is 0 Å². The van der Waals surface area contributed by atoms with E-state index in [-0.39, 0.29) is 18.6 Å². The molecule has 6 heteroatoms. The number of nitrogens with one attached hydrogen (secondary N) is 1. The Bertz CT molecular complexity index is 333. The van der Waals surface area contributed by atoms with E-state index < -0.39 is 11.4 Å². The molecule has 6 nitrogen and oxygen atoms in total. The van der Waals surface area contributed by atoms with Crippen molar-refractivity contribution in [2.75, 3.05) is 33.7 Å². The summed E-state index contributed by atoms with van der Waals surface area (Å²) >= 11 is 0. The van der Waals surface area contributed by atoms with Crippen LogP contribution in [0.25, 0.3) is 0 Å². The number of aliphatic carboxylic acids is 1. The number of likely N-dealkylation sites (tertiary alicyclic amines) is 1. The topological polar surface area (TPSA) is 72.9 Å². The highest BCUT2D eigenvalue weighted by molar-refractivity contribution is 5.79. The number of nitrogens with zero attached hydrogens (tertiary/aromatic N) is 2. The van der Waals surface area contributed by atoms with Crippen LogP contribution in [0.1, 0.15) is 20.3 Å². The second kappa shape index (κ2) is 5.56. The zero-order valence-electron chi connectivity index (χ0n) is 11.6. The molecule has 0 radical (unpaired) electrons. The van der Waals surface area contributed by atoms with Gasteiger partial charge in [-0.2, -0.15) is 0 Å². The van der Waals surface area contributed by atoms with Crippen LogP contribution in [0.15, 0.2) is 0 Å². The van der Waals surface area contributed by atoms with Crippen molar-refractivity contribution >= 4 is 12.0 Å². The molecule has 18 heavy (non-hydrogen) atoms. The largest absolute Gasteiger partial charge is 0.481 e. The average molecular weight is 257 g/mol. The Kier molecular flexibility index (Phi) is 4.56. The maximum atomic E-state index is 11.9. The predicted octanol–water partition coefficient (Wildman–Crippen LogP) is 0.443. The third-order valence-corrected chi connectivity index (χ3v) is 3.71. The van der Waals surface area contributed by atoms with Crippen molar-refractivity contribution in [3.8, 4) is 0 Å². The van der Waals surface area contributed by atoms with E-state index in [2.05, 4.69) is 5.32 Å². The number of carboxylic acids is 1. The number of rotatable bonds is 4. The van der Waals surface area contributed by atoms with Crippen LogP contribution >= 0.6 is 0 Å². The monoisotopic (exact) mass is 257 g/mol. The molecule has 1 saturated heterocycles. The summed E-state index contributed by atoms with van der Waals surface area (Å²) in [6, 6.07) is 0.0797. The highest BCUT2D eigenvalue weighted by Gasteiger charge is 2.42. The molecular formula is C12H23N3O3. The molecule has 1 aliphatic rings. The number of carbonyl (C=O) groups excluding carboxylic acids is 1. The molecule has 2 amide bonds. The van der Waals surface area contributed by atoms with Gasteiger partial charge >= 0.3 is 12.0 Å². The molecule has 0 bridgehead atoms. The number of urea groups is 1. The molecule has 1 heterocycles. The summed E-state index contributed by atoms with van der Waals surface area (Å²) < 4.78 is 0. The maximum Gasteiger partial charge on any atom is 0.317 e. The van der Waals surface area contributed by atoms with E-state index in [9.17, 15) is 9.59 Å². The SMILES string of the molecule is CC(CNC(=O)N1CCC(C)(C(=O)O)C1)N(C)C. The molecule has 0 aromatic carbocycles. The molecule has 2 unspecified atom stereocenters. The van der Waals surface area contributed by atoms with Crippen LogP contribution in [0.3, 0.4) is 0 Å². The lowest BCUT2D eigenvalue weighted by Crippen LogP contribution is -2.45. The van der Waals surface area contributed by atoms with Crippen LogP contribution in [0, 0.1) is 5.41 Å². The molecule has 0 spiro atoms. The predicted molar refractivity (Wildman–Crippen MR) is 68.5 cm³/mol. The van der Waals surface area contributed by atoms with E-state index in [1.54, 1.807) is 11.8 Å². The van der Waals surface area contributed by atoms with Crippen LogP contribution in [0.4, 0.5) is 4.79 Å². The van der Waals surface area contributed by atoms with Gasteiger partial charge in [0.25, 0.3) is 0 Å². The second-order valence-electron chi connectivity index (χ2n) is 5.54. The number of amides is 2. The molecule has 1 rings (SSSR count). The van der Waals surface area contributed by atoms with Gasteiger partial charge in [0, 0.05) is 25.7 Å². The molecule has 0 saturated carbocycles. The lowest BCUT2D eigenvalue weighted by Gasteiger charge is -2.23. The van der Waals surface area contributed by atoms with Crippen LogP contribution in [-0.2, 0) is 4.79 Å². The smallest absolute Gasteiger partial charge is 0.317 e. The number of carbonyl (C=O) groups is 2. The van der Waals surface area contributed by atoms with E-state index in [4.69, 9.17) is 5.11 Å². The summed E-state index contributed by atoms with van der Waals surface area (Å²) in [6.07, 6.45) is 0.513. The number of likely N-dealkylation sites (N-methyl/N-ethyl adjacent to an activating group) is 1. The van der Waals surface area contributed by atoms with Gasteiger partial charge in [-0.1, -0.05) is 0 Å². The minimum Gasteiger partial charge on any atom is -0.481 e. The van der Waals surface area contributed by atoms with Crippen molar-refractivity contribution in [1.82, 2.24) is 15.1 Å². The van der Waals surface area contributed by atoms with Gasteiger partial charge in [-0.15, -0.1) is 0 Å². The molecule has 2 N–H and O–H groups in total. The number of carboxylic acid groups (broad SMARTS) is 1. The van der Waals surface area contributed by atoms with Gasteiger partial charge in [-0.3, -0.25) is 4.79 Å². The zero-order valence-corrected chi connectivity index (χ0v) is 11.6. The van der Waals surface area contributed by atoms with Crippen LogP contribution in [-0.4, -0.2) is 66.7 Å². The lowest BCUT2D eigenvalue weighted by molar-refractivity contribution is -0.146. The van der Waals surface area contributed by atoms with Gasteiger partial charge in [0.1, 0.15) is 0 Å². The maximum absolute atomic E-state index is 11.9. The summed E-state index contributed by atoms with van der Waals surface area (Å²) in [4.78, 5) is 26.6. The van der Waals surface area contributed by atoms with Crippen molar-refractivity contribution < 1.29 is 14.7 Å². The number of hydrogen-bond donors (Lipinski definition) is 2. The Morgan fingerprint density at radius 1 is 1.50 bits per heavy atom. The first-order valence-electron chi connectivity index (χ1n) is 6.19. The van der Waals surface area contributed by atoms with Gasteiger partial charge in [0.2, 0.25) is 0 Å². The normalized spacial score (nSPS) is 25.3. The number of hydrogen-bond acceptors (Lipinski definition) is 3. The van der Waals surface area contributed by atoms with Crippen LogP contribution in [0.2, 0.25) is 0 Å². The van der Waals surface area contributed by atoms with Gasteiger partial charge in [0.05, 0.1) is 5.41 Å². The molecule has 0 aliphatic carbocycles. The Morgan fingerprint density at radius 2 is 2.11 bits per heavy atom. The summed E-state index contributed by atoms with van der Waals surface area (Å²) in [7, 11) is 3.91. The minimum absolute atomic E-state index is 0.173. The van der Waals surface area contributed by atoms with Gasteiger partial charge < -0.3 is 20.2 Å². The van der Waals surface area contributed by atoms with E-state index in [1.165, 1.54) is 0 Å². The van der Waals surface area contributed by atoms with Gasteiger partial charge in [-0.05, 0) is 34.4 Å². The van der Waals surface area contributed by atoms with E-state index in [0.29, 0.717) is 19.5 Å². The van der Waals surface area contributed by atoms with Gasteiger partial charge in [-0.25, -0.2) is 4.79 Å². The third-order valence-electron chi connectivity index (χ3n) is 3.71. The van der Waals surface area contributed by atoms with Crippen molar-refractivity contribution in [2.45, 2.75) is 26.3 Å². The highest BCUT2D eigenvalue weighted by Crippen LogP contribution is 2.29. The highest BCUT2D eigenvalue weighted by atomic mass is 16.4. The molecule has 104 valence electrons. The second-order valence-corrected chi connectivity index (χ2v) is 5.54. The third kappa shape index (κ3) is 3.35. The fourth-order valence-electron chi connectivity index (χ4n) is 1.84. The molecule has 1 fully saturated rings. The average Bonchev–Trinajstić information content (AvgIpc) is 2.69. The summed E-state index contributed by atoms with van der Waals surface area (Å²) in [5.41, 5.74) is -0.801. The van der Waals surface area contributed by atoms with Crippen molar-refractivity contribution in [3.05, 3.63) is 0 Å². The Balaban J connectivity index is 2.43. The first-order valence-corrected chi connectivity index (χ1v) is 6.19. The van der Waals surface area contributed by atoms with E-state index in [1.807, 2.05) is 25.9 Å².